The van der Waals surface area contributed by atoms with Gasteiger partial charge in [-0.05, 0) is 55.8 Å². The number of nitrogens with one attached hydrogen (secondary N) is 1. The van der Waals surface area contributed by atoms with E-state index in [1.807, 2.05) is 19.9 Å². The first-order valence-corrected chi connectivity index (χ1v) is 11.3. The van der Waals surface area contributed by atoms with Gasteiger partial charge in [-0.3, -0.25) is 4.79 Å². The molecular formula is C28H23N3O5. The lowest BCUT2D eigenvalue weighted by Gasteiger charge is -2.19. The molecule has 0 unspecified atom stereocenters. The summed E-state index contributed by atoms with van der Waals surface area (Å²) in [4.78, 5) is 33.8. The maximum Gasteiger partial charge on any atom is 0.337 e. The molecule has 0 aliphatic carbocycles. The lowest BCUT2D eigenvalue weighted by atomic mass is 10.0. The van der Waals surface area contributed by atoms with Crippen LogP contribution in [0.4, 0.5) is 5.69 Å². The van der Waals surface area contributed by atoms with E-state index >= 15 is 0 Å². The summed E-state index contributed by atoms with van der Waals surface area (Å²) in [6.07, 6.45) is 0. The molecule has 2 aromatic carbocycles. The van der Waals surface area contributed by atoms with Crippen molar-refractivity contribution in [3.05, 3.63) is 93.6 Å². The number of aromatic nitrogens is 2. The van der Waals surface area contributed by atoms with Gasteiger partial charge in [-0.2, -0.15) is 0 Å². The second kappa shape index (κ2) is 9.14. The lowest BCUT2D eigenvalue weighted by Crippen LogP contribution is -2.12. The van der Waals surface area contributed by atoms with Crippen LogP contribution in [-0.2, 0) is 0 Å². The third-order valence-electron chi connectivity index (χ3n) is 5.98. The van der Waals surface area contributed by atoms with Crippen molar-refractivity contribution in [1.82, 2.24) is 9.97 Å². The van der Waals surface area contributed by atoms with Crippen LogP contribution in [0.1, 0.15) is 34.5 Å². The first-order valence-electron chi connectivity index (χ1n) is 11.3. The molecular weight excluding hydrogens is 458 g/mol. The van der Waals surface area contributed by atoms with Gasteiger partial charge >= 0.3 is 5.97 Å². The quantitative estimate of drug-likeness (QED) is 0.322. The number of hydrogen-bond acceptors (Lipinski definition) is 7. The van der Waals surface area contributed by atoms with Gasteiger partial charge in [-0.15, -0.1) is 0 Å². The third-order valence-corrected chi connectivity index (χ3v) is 5.98. The molecule has 3 aromatic heterocycles. The summed E-state index contributed by atoms with van der Waals surface area (Å²) >= 11 is 0. The highest BCUT2D eigenvalue weighted by atomic mass is 16.5. The van der Waals surface area contributed by atoms with Crippen LogP contribution in [0.25, 0.3) is 33.5 Å². The number of anilines is 1. The van der Waals surface area contributed by atoms with Crippen LogP contribution in [-0.4, -0.2) is 28.2 Å². The third kappa shape index (κ3) is 4.24. The summed E-state index contributed by atoms with van der Waals surface area (Å²) in [5.41, 5.74) is 4.29. The lowest BCUT2D eigenvalue weighted by molar-refractivity contribution is 0.0698. The zero-order valence-electron chi connectivity index (χ0n) is 19.9. The minimum Gasteiger partial charge on any atom is -0.481 e. The van der Waals surface area contributed by atoms with Gasteiger partial charge in [0.2, 0.25) is 5.88 Å². The largest absolute Gasteiger partial charge is 0.481 e. The van der Waals surface area contributed by atoms with E-state index in [4.69, 9.17) is 9.15 Å². The fourth-order valence-electron chi connectivity index (χ4n) is 4.23. The van der Waals surface area contributed by atoms with Crippen molar-refractivity contribution in [1.29, 1.82) is 0 Å². The normalized spacial score (nSPS) is 12.0. The van der Waals surface area contributed by atoms with E-state index in [2.05, 4.69) is 15.3 Å². The maximum absolute atomic E-state index is 13.1. The number of fused-ring (bicyclic) bond motifs is 2. The Balaban J connectivity index is 1.62. The zero-order chi connectivity index (χ0) is 25.4. The molecule has 0 bridgehead atoms. The van der Waals surface area contributed by atoms with E-state index in [0.29, 0.717) is 45.0 Å². The zero-order valence-corrected chi connectivity index (χ0v) is 19.9. The Kier molecular flexibility index (Phi) is 5.85. The molecule has 8 heteroatoms. The number of para-hydroxylation sites is 1. The Morgan fingerprint density at radius 3 is 2.56 bits per heavy atom. The van der Waals surface area contributed by atoms with E-state index in [-0.39, 0.29) is 17.0 Å². The molecule has 5 rings (SSSR count). The van der Waals surface area contributed by atoms with Gasteiger partial charge in [0.15, 0.2) is 11.2 Å². The Hall–Kier alpha value is -4.72. The molecule has 5 aromatic rings. The summed E-state index contributed by atoms with van der Waals surface area (Å²) in [6, 6.07) is 18.6. The summed E-state index contributed by atoms with van der Waals surface area (Å²) in [6.45, 7) is 3.80. The number of carboxylic acid groups (broad SMARTS) is 1. The van der Waals surface area contributed by atoms with Gasteiger partial charge in [0.25, 0.3) is 0 Å². The van der Waals surface area contributed by atoms with Crippen LogP contribution in [0.2, 0.25) is 0 Å². The SMILES string of the molecule is COc1ccc2nc(-c3cc(=O)c4cc(C)cc([C@@H](C)Nc5ccccc5C(=O)O)c4o3)ccc2n1. The number of aryl methyl sites for hydroxylation is 1. The van der Waals surface area contributed by atoms with Gasteiger partial charge in [-0.25, -0.2) is 14.8 Å². The van der Waals surface area contributed by atoms with Crippen molar-refractivity contribution in [2.75, 3.05) is 12.4 Å². The van der Waals surface area contributed by atoms with E-state index in [1.165, 1.54) is 6.07 Å². The minimum absolute atomic E-state index is 0.161. The standard InChI is InChI=1S/C28H23N3O5/c1-15-12-18(16(2)29-20-7-5-4-6-17(20)28(33)34)27-19(13-15)24(32)14-25(36-27)23-9-8-22-21(30-23)10-11-26(31-22)35-3/h4-14,16,29H,1-3H3,(H,33,34)/t16-/m1/s1. The summed E-state index contributed by atoms with van der Waals surface area (Å²) in [5.74, 6) is -0.212. The fraction of sp³-hybridized carbons (Fsp3) is 0.143. The second-order valence-corrected chi connectivity index (χ2v) is 8.51. The van der Waals surface area contributed by atoms with Crippen LogP contribution < -0.4 is 15.5 Å². The molecule has 36 heavy (non-hydrogen) atoms. The van der Waals surface area contributed by atoms with Crippen molar-refractivity contribution in [2.24, 2.45) is 0 Å². The molecule has 0 radical (unpaired) electrons. The first kappa shape index (κ1) is 23.0. The highest BCUT2D eigenvalue weighted by Crippen LogP contribution is 2.31. The van der Waals surface area contributed by atoms with E-state index in [1.54, 1.807) is 61.7 Å². The molecule has 180 valence electrons. The second-order valence-electron chi connectivity index (χ2n) is 8.51. The van der Waals surface area contributed by atoms with Gasteiger partial charge in [0.05, 0.1) is 35.1 Å². The molecule has 0 aliphatic rings. The predicted octanol–water partition coefficient (Wildman–Crippen LogP) is 5.59. The van der Waals surface area contributed by atoms with Gasteiger partial charge < -0.3 is 19.6 Å². The van der Waals surface area contributed by atoms with Gasteiger partial charge in [0, 0.05) is 23.4 Å². The van der Waals surface area contributed by atoms with Gasteiger partial charge in [-0.1, -0.05) is 18.2 Å². The van der Waals surface area contributed by atoms with E-state index in [0.717, 1.165) is 11.1 Å². The summed E-state index contributed by atoms with van der Waals surface area (Å²) in [5, 5.41) is 13.3. The highest BCUT2D eigenvalue weighted by Gasteiger charge is 2.19. The number of ether oxygens (including phenoxy) is 1. The maximum atomic E-state index is 13.1. The van der Waals surface area contributed by atoms with Crippen molar-refractivity contribution in [3.8, 4) is 17.3 Å². The average Bonchev–Trinajstić information content (AvgIpc) is 2.88. The Morgan fingerprint density at radius 1 is 1.03 bits per heavy atom. The smallest absolute Gasteiger partial charge is 0.337 e. The van der Waals surface area contributed by atoms with Crippen molar-refractivity contribution in [2.45, 2.75) is 19.9 Å². The Labute approximate surface area is 206 Å². The molecule has 0 amide bonds. The van der Waals surface area contributed by atoms with Crippen LogP contribution in [0.3, 0.4) is 0 Å². The van der Waals surface area contributed by atoms with Crippen LogP contribution >= 0.6 is 0 Å². The number of carbonyl (C=O) groups is 1. The van der Waals surface area contributed by atoms with Gasteiger partial charge in [0.1, 0.15) is 11.3 Å². The molecule has 8 nitrogen and oxygen atoms in total. The number of pyridine rings is 2. The Bertz CT molecular complexity index is 1690. The molecule has 0 aliphatic heterocycles. The molecule has 0 saturated heterocycles. The molecule has 2 N–H and O–H groups in total. The molecule has 1 atom stereocenters. The number of methoxy groups -OCH3 is 1. The van der Waals surface area contributed by atoms with Crippen molar-refractivity contribution in [3.63, 3.8) is 0 Å². The number of nitrogens with zero attached hydrogens (tertiary/aromatic N) is 2. The monoisotopic (exact) mass is 481 g/mol. The minimum atomic E-state index is -1.03. The van der Waals surface area contributed by atoms with Crippen LogP contribution in [0.15, 0.2) is 75.9 Å². The van der Waals surface area contributed by atoms with Crippen LogP contribution in [0, 0.1) is 6.92 Å². The Morgan fingerprint density at radius 2 is 1.78 bits per heavy atom. The highest BCUT2D eigenvalue weighted by molar-refractivity contribution is 5.94. The number of rotatable bonds is 6. The summed E-state index contributed by atoms with van der Waals surface area (Å²) in [7, 11) is 1.55. The van der Waals surface area contributed by atoms with E-state index in [9.17, 15) is 14.7 Å². The number of aromatic carboxylic acids is 1. The molecule has 0 spiro atoms. The molecule has 0 fully saturated rings. The average molecular weight is 482 g/mol. The fourth-order valence-corrected chi connectivity index (χ4v) is 4.23. The predicted molar refractivity (Wildman–Crippen MR) is 138 cm³/mol. The topological polar surface area (TPSA) is 115 Å². The molecule has 0 saturated carbocycles. The van der Waals surface area contributed by atoms with Crippen LogP contribution in [0.5, 0.6) is 5.88 Å². The van der Waals surface area contributed by atoms with Crippen molar-refractivity contribution < 1.29 is 19.1 Å². The number of carboxylic acids is 1. The number of hydrogen-bond donors (Lipinski definition) is 2. The van der Waals surface area contributed by atoms with Crippen molar-refractivity contribution >= 4 is 33.7 Å². The molecule has 3 heterocycles. The number of benzene rings is 2. The first-order chi connectivity index (χ1) is 17.3. The van der Waals surface area contributed by atoms with E-state index < -0.39 is 5.97 Å². The summed E-state index contributed by atoms with van der Waals surface area (Å²) < 4.78 is 11.5.